The lowest BCUT2D eigenvalue weighted by Crippen LogP contribution is -2.24. The molecule has 0 aromatic rings. The van der Waals surface area contributed by atoms with E-state index in [0.29, 0.717) is 0 Å². The number of nitrogens with two attached hydrogens (primary N) is 2. The van der Waals surface area contributed by atoms with Crippen molar-refractivity contribution >= 4 is 18.7 Å². The first kappa shape index (κ1) is 7.58. The molecule has 0 aliphatic carbocycles. The molecule has 1 amide bonds. The summed E-state index contributed by atoms with van der Waals surface area (Å²) in [6.45, 7) is 0.0540. The number of rotatable bonds is 2. The fourth-order valence-corrected chi connectivity index (χ4v) is 0.242. The molecule has 48 valence electrons. The van der Waals surface area contributed by atoms with E-state index >= 15 is 0 Å². The van der Waals surface area contributed by atoms with Crippen molar-refractivity contribution in [1.29, 1.82) is 0 Å². The minimum absolute atomic E-state index is 0.0540. The van der Waals surface area contributed by atoms with Gasteiger partial charge in [0.1, 0.15) is 6.61 Å². The predicted molar refractivity (Wildman–Crippen MR) is 32.5 cm³/mol. The monoisotopic (exact) mass is 136 g/mol. The van der Waals surface area contributed by atoms with Crippen molar-refractivity contribution in [2.75, 3.05) is 6.61 Å². The number of carbonyl (C=O) groups is 1. The minimum atomic E-state index is -0.825. The summed E-state index contributed by atoms with van der Waals surface area (Å²) in [7, 11) is 0. The van der Waals surface area contributed by atoms with E-state index < -0.39 is 11.5 Å². The maximum absolute atomic E-state index is 9.81. The maximum atomic E-state index is 9.81. The van der Waals surface area contributed by atoms with Crippen molar-refractivity contribution in [1.82, 2.24) is 0 Å². The quantitative estimate of drug-likeness (QED) is 0.347. The Kier molecular flexibility index (Phi) is 3.38. The standard InChI is InChI=1S/C3H8N2O2S/c4-2(8)1-7-3(5)6/h2,8H,1,4H2,(H2,5,6). The lowest BCUT2D eigenvalue weighted by Gasteiger charge is -2.01. The van der Waals surface area contributed by atoms with E-state index in [1.165, 1.54) is 0 Å². The van der Waals surface area contributed by atoms with Gasteiger partial charge in [-0.3, -0.25) is 0 Å². The normalized spacial score (nSPS) is 12.8. The molecule has 4 nitrogen and oxygen atoms in total. The molecule has 5 heteroatoms. The second-order valence-electron chi connectivity index (χ2n) is 1.20. The molecule has 0 fully saturated rings. The molecular weight excluding hydrogens is 128 g/mol. The summed E-state index contributed by atoms with van der Waals surface area (Å²) in [6, 6.07) is 0. The molecule has 0 aliphatic heterocycles. The first-order valence-electron chi connectivity index (χ1n) is 1.99. The average Bonchev–Trinajstić information content (AvgIpc) is 1.61. The van der Waals surface area contributed by atoms with Gasteiger partial charge >= 0.3 is 6.09 Å². The van der Waals surface area contributed by atoms with Crippen molar-refractivity contribution < 1.29 is 9.53 Å². The molecule has 0 aliphatic rings. The van der Waals surface area contributed by atoms with Crippen LogP contribution in [0.25, 0.3) is 0 Å². The third-order valence-corrected chi connectivity index (χ3v) is 0.545. The number of thiol groups is 1. The van der Waals surface area contributed by atoms with Crippen LogP contribution in [0.3, 0.4) is 0 Å². The third kappa shape index (κ3) is 5.58. The van der Waals surface area contributed by atoms with Gasteiger partial charge in [-0.15, -0.1) is 0 Å². The molecule has 0 heterocycles. The Labute approximate surface area is 52.6 Å². The summed E-state index contributed by atoms with van der Waals surface area (Å²) >= 11 is 3.72. The van der Waals surface area contributed by atoms with Gasteiger partial charge in [0, 0.05) is 0 Å². The molecule has 1 unspecified atom stereocenters. The summed E-state index contributed by atoms with van der Waals surface area (Å²) in [5.74, 6) is 0. The largest absolute Gasteiger partial charge is 0.447 e. The van der Waals surface area contributed by atoms with Crippen molar-refractivity contribution in [3.05, 3.63) is 0 Å². The van der Waals surface area contributed by atoms with Gasteiger partial charge in [0.2, 0.25) is 0 Å². The Balaban J connectivity index is 3.05. The highest BCUT2D eigenvalue weighted by Crippen LogP contribution is 1.84. The first-order chi connectivity index (χ1) is 3.63. The van der Waals surface area contributed by atoms with Crippen molar-refractivity contribution in [2.45, 2.75) is 5.37 Å². The van der Waals surface area contributed by atoms with Crippen LogP contribution in [0.4, 0.5) is 4.79 Å². The molecule has 0 spiro atoms. The average molecular weight is 136 g/mol. The van der Waals surface area contributed by atoms with Gasteiger partial charge in [-0.1, -0.05) is 0 Å². The number of amides is 1. The summed E-state index contributed by atoms with van der Waals surface area (Å²) in [5.41, 5.74) is 9.66. The highest BCUT2D eigenvalue weighted by atomic mass is 32.1. The van der Waals surface area contributed by atoms with E-state index in [-0.39, 0.29) is 6.61 Å². The Hall–Kier alpha value is -0.420. The second-order valence-corrected chi connectivity index (χ2v) is 1.86. The van der Waals surface area contributed by atoms with Gasteiger partial charge in [0.15, 0.2) is 0 Å². The van der Waals surface area contributed by atoms with Crippen molar-refractivity contribution in [3.63, 3.8) is 0 Å². The molecule has 1 atom stereocenters. The van der Waals surface area contributed by atoms with Crippen LogP contribution in [0, 0.1) is 0 Å². The maximum Gasteiger partial charge on any atom is 0.404 e. The summed E-state index contributed by atoms with van der Waals surface area (Å²) in [6.07, 6.45) is -0.825. The number of hydrogen-bond acceptors (Lipinski definition) is 4. The Morgan fingerprint density at radius 1 is 1.88 bits per heavy atom. The first-order valence-corrected chi connectivity index (χ1v) is 2.50. The molecule has 0 saturated heterocycles. The number of ether oxygens (including phenoxy) is 1. The fourth-order valence-electron chi connectivity index (χ4n) is 0.168. The molecule has 4 N–H and O–H groups in total. The van der Waals surface area contributed by atoms with Gasteiger partial charge < -0.3 is 16.2 Å². The van der Waals surface area contributed by atoms with Gasteiger partial charge in [0.05, 0.1) is 5.37 Å². The molecule has 8 heavy (non-hydrogen) atoms. The van der Waals surface area contributed by atoms with Crippen LogP contribution in [0.1, 0.15) is 0 Å². The van der Waals surface area contributed by atoms with Crippen LogP contribution in [-0.2, 0) is 4.74 Å². The topological polar surface area (TPSA) is 78.3 Å². The summed E-state index contributed by atoms with van der Waals surface area (Å²) in [4.78, 5) is 9.81. The van der Waals surface area contributed by atoms with E-state index in [9.17, 15) is 4.79 Å². The van der Waals surface area contributed by atoms with Crippen molar-refractivity contribution in [2.24, 2.45) is 11.5 Å². The highest BCUT2D eigenvalue weighted by Gasteiger charge is 1.96. The van der Waals surface area contributed by atoms with E-state index in [1.54, 1.807) is 0 Å². The van der Waals surface area contributed by atoms with Gasteiger partial charge in [-0.2, -0.15) is 12.6 Å². The van der Waals surface area contributed by atoms with Crippen LogP contribution < -0.4 is 11.5 Å². The van der Waals surface area contributed by atoms with Crippen LogP contribution in [0.15, 0.2) is 0 Å². The molecule has 0 radical (unpaired) electrons. The van der Waals surface area contributed by atoms with E-state index in [2.05, 4.69) is 23.1 Å². The smallest absolute Gasteiger partial charge is 0.404 e. The molecule has 0 aromatic heterocycles. The number of hydrogen-bond donors (Lipinski definition) is 3. The van der Waals surface area contributed by atoms with Crippen LogP contribution in [0.2, 0.25) is 0 Å². The van der Waals surface area contributed by atoms with Crippen LogP contribution in [-0.4, -0.2) is 18.1 Å². The molecular formula is C3H8N2O2S. The molecule has 0 aromatic carbocycles. The Morgan fingerprint density at radius 2 is 2.38 bits per heavy atom. The van der Waals surface area contributed by atoms with Gasteiger partial charge in [0.25, 0.3) is 0 Å². The Bertz CT molecular complexity index is 85.4. The minimum Gasteiger partial charge on any atom is -0.447 e. The zero-order chi connectivity index (χ0) is 6.57. The lowest BCUT2D eigenvalue weighted by molar-refractivity contribution is 0.157. The second kappa shape index (κ2) is 3.57. The fraction of sp³-hybridized carbons (Fsp3) is 0.667. The van der Waals surface area contributed by atoms with E-state index in [0.717, 1.165) is 0 Å². The molecule has 0 rings (SSSR count). The summed E-state index contributed by atoms with van der Waals surface area (Å²) in [5, 5.41) is -0.442. The lowest BCUT2D eigenvalue weighted by atomic mass is 10.7. The van der Waals surface area contributed by atoms with Gasteiger partial charge in [-0.25, -0.2) is 4.79 Å². The SMILES string of the molecule is NC(=O)OCC(N)S. The summed E-state index contributed by atoms with van der Waals surface area (Å²) < 4.78 is 4.24. The van der Waals surface area contributed by atoms with E-state index in [1.807, 2.05) is 0 Å². The zero-order valence-electron chi connectivity index (χ0n) is 4.20. The Morgan fingerprint density at radius 3 is 2.50 bits per heavy atom. The van der Waals surface area contributed by atoms with Crippen LogP contribution >= 0.6 is 12.6 Å². The van der Waals surface area contributed by atoms with Crippen LogP contribution in [0.5, 0.6) is 0 Å². The third-order valence-electron chi connectivity index (χ3n) is 0.396. The van der Waals surface area contributed by atoms with E-state index in [4.69, 9.17) is 5.73 Å². The molecule has 0 bridgehead atoms. The zero-order valence-corrected chi connectivity index (χ0v) is 5.10. The van der Waals surface area contributed by atoms with Crippen molar-refractivity contribution in [3.8, 4) is 0 Å². The predicted octanol–water partition coefficient (Wildman–Crippen LogP) is -0.704. The number of carbonyl (C=O) groups excluding carboxylic acids is 1. The van der Waals surface area contributed by atoms with Gasteiger partial charge in [-0.05, 0) is 0 Å². The highest BCUT2D eigenvalue weighted by molar-refractivity contribution is 7.80. The number of primary amides is 1. The molecule has 0 saturated carbocycles.